The van der Waals surface area contributed by atoms with E-state index >= 15 is 0 Å². The molecule has 598 valence electrons. The number of hydrogen-bond acceptors (Lipinski definition) is 15. The summed E-state index contributed by atoms with van der Waals surface area (Å²) in [6, 6.07) is 0. The summed E-state index contributed by atoms with van der Waals surface area (Å²) in [6.07, 6.45) is 84.6. The lowest BCUT2D eigenvalue weighted by Gasteiger charge is -2.21. The van der Waals surface area contributed by atoms with Gasteiger partial charge in [0, 0.05) is 25.7 Å². The van der Waals surface area contributed by atoms with Crippen molar-refractivity contribution in [1.82, 2.24) is 0 Å². The van der Waals surface area contributed by atoms with Crippen LogP contribution in [0.3, 0.4) is 0 Å². The maximum atomic E-state index is 13.1. The predicted molar refractivity (Wildman–Crippen MR) is 427 cm³/mol. The van der Waals surface area contributed by atoms with Gasteiger partial charge in [-0.2, -0.15) is 0 Å². The molecule has 0 spiro atoms. The fourth-order valence-electron chi connectivity index (χ4n) is 10.7. The van der Waals surface area contributed by atoms with Crippen LogP contribution in [0.1, 0.15) is 336 Å². The second-order valence-corrected chi connectivity index (χ2v) is 29.9. The molecule has 0 aliphatic rings. The Labute approximate surface area is 632 Å². The maximum Gasteiger partial charge on any atom is 0.472 e. The minimum Gasteiger partial charge on any atom is -0.462 e. The Morgan fingerprint density at radius 1 is 0.279 bits per heavy atom. The summed E-state index contributed by atoms with van der Waals surface area (Å²) >= 11 is 0. The lowest BCUT2D eigenvalue weighted by molar-refractivity contribution is -0.161. The summed E-state index contributed by atoms with van der Waals surface area (Å²) in [7, 11) is -9.98. The van der Waals surface area contributed by atoms with E-state index in [1.807, 2.05) is 0 Å². The molecule has 17 nitrogen and oxygen atoms in total. The quantitative estimate of drug-likeness (QED) is 0.0169. The van der Waals surface area contributed by atoms with Gasteiger partial charge in [-0.3, -0.25) is 37.3 Å². The van der Waals surface area contributed by atoms with Crippen molar-refractivity contribution in [2.45, 2.75) is 354 Å². The van der Waals surface area contributed by atoms with Crippen molar-refractivity contribution >= 4 is 39.5 Å². The molecule has 0 rings (SSSR count). The summed E-state index contributed by atoms with van der Waals surface area (Å²) in [5, 5.41) is 10.6. The lowest BCUT2D eigenvalue weighted by Crippen LogP contribution is -2.30. The first kappa shape index (κ1) is 99.5. The molecule has 0 heterocycles. The lowest BCUT2D eigenvalue weighted by atomic mass is 10.1. The molecule has 0 amide bonds. The Balaban J connectivity index is 5.41. The Hall–Kier alpha value is -4.54. The molecular formula is C85H146O17P2. The fourth-order valence-corrected chi connectivity index (χ4v) is 12.2. The number of phosphoric acid groups is 2. The fraction of sp³-hybridized carbons (Fsp3) is 0.718. The standard InChI is InChI=1S/C85H146O17P2/c1-5-9-13-17-21-25-29-33-37-38-39-40-44-46-50-54-58-62-66-70-83(88)96-76-81(102-85(90)72-68-64-60-56-52-48-43-36-32-28-24-20-16-12-8-4)78-100-104(93,94)98-74-79(86)73-97-103(91,92)99-77-80(101-84(89)71-67-63-59-55-51-47-42-35-31-27-23-19-15-11-7-3)75-95-82(87)69-65-61-57-53-49-45-41-34-30-26-22-18-14-10-6-2/h10,14,21-23,25-27,33-37,39-43,49,53,79-81,86H,5-9,11-13,15-20,24,28-32,38,44-48,50-52,54-78H2,1-4H3,(H,91,92)(H,93,94)/b14-10-,25-21-,26-22-,27-23-,37-33-,40-39-,41-34-,42-35-,43-36-,53-49-. The van der Waals surface area contributed by atoms with Crippen molar-refractivity contribution in [1.29, 1.82) is 0 Å². The number of hydrogen-bond donors (Lipinski definition) is 3. The number of phosphoric ester groups is 2. The molecule has 0 saturated heterocycles. The SMILES string of the molecule is CC/C=C\C/C=C\C/C=C\C/C=C\CCCCC(=O)OCC(COP(=O)(O)OCC(O)COP(=O)(O)OCC(COC(=O)CCCCCCCC/C=C\C/C=C\C/C=C\CCCCC)OC(=O)CCCCCCC/C=C\CCCCCCCC)OC(=O)CCCCCCC/C=C\C/C=C\CCCCC. The second kappa shape index (κ2) is 76.6. The third-order valence-electron chi connectivity index (χ3n) is 16.9. The zero-order valence-corrected chi connectivity index (χ0v) is 67.2. The van der Waals surface area contributed by atoms with Gasteiger partial charge in [0.25, 0.3) is 0 Å². The minimum absolute atomic E-state index is 0.0676. The van der Waals surface area contributed by atoms with Crippen LogP contribution in [-0.4, -0.2) is 96.7 Å². The van der Waals surface area contributed by atoms with Gasteiger partial charge < -0.3 is 33.8 Å². The van der Waals surface area contributed by atoms with Gasteiger partial charge in [0.2, 0.25) is 0 Å². The van der Waals surface area contributed by atoms with E-state index < -0.39 is 97.5 Å². The van der Waals surface area contributed by atoms with Gasteiger partial charge in [0.1, 0.15) is 19.3 Å². The van der Waals surface area contributed by atoms with E-state index in [9.17, 15) is 43.2 Å². The molecular weight excluding hydrogens is 1350 g/mol. The zero-order chi connectivity index (χ0) is 76.0. The first-order chi connectivity index (χ1) is 50.7. The van der Waals surface area contributed by atoms with Crippen molar-refractivity contribution in [2.75, 3.05) is 39.6 Å². The van der Waals surface area contributed by atoms with Crippen molar-refractivity contribution in [3.05, 3.63) is 122 Å². The van der Waals surface area contributed by atoms with Crippen LogP contribution < -0.4 is 0 Å². The first-order valence-electron chi connectivity index (χ1n) is 40.8. The topological polar surface area (TPSA) is 237 Å². The van der Waals surface area contributed by atoms with Gasteiger partial charge in [-0.1, -0.05) is 271 Å². The molecule has 0 bridgehead atoms. The van der Waals surface area contributed by atoms with Crippen LogP contribution >= 0.6 is 15.6 Å². The molecule has 3 N–H and O–H groups in total. The normalized spacial score (nSPS) is 14.5. The summed E-state index contributed by atoms with van der Waals surface area (Å²) < 4.78 is 68.6. The Morgan fingerprint density at radius 2 is 0.500 bits per heavy atom. The van der Waals surface area contributed by atoms with E-state index in [-0.39, 0.29) is 25.7 Å². The van der Waals surface area contributed by atoms with E-state index in [1.54, 1.807) is 0 Å². The molecule has 0 aliphatic carbocycles. The number of aliphatic hydroxyl groups excluding tert-OH is 1. The molecule has 19 heteroatoms. The van der Waals surface area contributed by atoms with Crippen molar-refractivity contribution < 1.29 is 80.2 Å². The number of unbranched alkanes of at least 4 members (excludes halogenated alkanes) is 30. The van der Waals surface area contributed by atoms with Crippen molar-refractivity contribution in [3.8, 4) is 0 Å². The third kappa shape index (κ3) is 75.7. The number of aliphatic hydroxyl groups is 1. The van der Waals surface area contributed by atoms with Crippen LogP contribution in [-0.2, 0) is 65.4 Å². The van der Waals surface area contributed by atoms with Gasteiger partial charge in [-0.15, -0.1) is 0 Å². The Bertz CT molecular complexity index is 2440. The molecule has 0 fully saturated rings. The molecule has 0 aromatic heterocycles. The van der Waals surface area contributed by atoms with E-state index in [0.717, 1.165) is 180 Å². The van der Waals surface area contributed by atoms with Crippen LogP contribution in [0.15, 0.2) is 122 Å². The molecule has 0 saturated carbocycles. The van der Waals surface area contributed by atoms with Crippen LogP contribution in [0, 0.1) is 0 Å². The number of rotatable bonds is 76. The maximum absolute atomic E-state index is 13.1. The monoisotopic (exact) mass is 1500 g/mol. The summed E-state index contributed by atoms with van der Waals surface area (Å²) in [6.45, 7) is 4.64. The van der Waals surface area contributed by atoms with Crippen LogP contribution in [0.25, 0.3) is 0 Å². The molecule has 104 heavy (non-hydrogen) atoms. The highest BCUT2D eigenvalue weighted by molar-refractivity contribution is 7.47. The molecule has 0 aliphatic heterocycles. The number of ether oxygens (including phenoxy) is 4. The zero-order valence-electron chi connectivity index (χ0n) is 65.4. The minimum atomic E-state index is -4.99. The second-order valence-electron chi connectivity index (χ2n) is 27.0. The average Bonchev–Trinajstić information content (AvgIpc) is 0.912. The molecule has 0 aromatic carbocycles. The van der Waals surface area contributed by atoms with Crippen LogP contribution in [0.4, 0.5) is 0 Å². The van der Waals surface area contributed by atoms with Crippen LogP contribution in [0.2, 0.25) is 0 Å². The summed E-state index contributed by atoms with van der Waals surface area (Å²) in [5.41, 5.74) is 0. The highest BCUT2D eigenvalue weighted by atomic mass is 31.2. The smallest absolute Gasteiger partial charge is 0.462 e. The number of carbonyl (C=O) groups is 4. The molecule has 5 atom stereocenters. The molecule has 0 aromatic rings. The molecule has 5 unspecified atom stereocenters. The van der Waals surface area contributed by atoms with Crippen molar-refractivity contribution in [2.24, 2.45) is 0 Å². The van der Waals surface area contributed by atoms with Crippen molar-refractivity contribution in [3.63, 3.8) is 0 Å². The van der Waals surface area contributed by atoms with Crippen LogP contribution in [0.5, 0.6) is 0 Å². The number of carbonyl (C=O) groups excluding carboxylic acids is 4. The largest absolute Gasteiger partial charge is 0.472 e. The summed E-state index contributed by atoms with van der Waals surface area (Å²) in [4.78, 5) is 73.1. The average molecular weight is 1500 g/mol. The van der Waals surface area contributed by atoms with E-state index in [2.05, 4.69) is 149 Å². The highest BCUT2D eigenvalue weighted by Crippen LogP contribution is 2.45. The van der Waals surface area contributed by atoms with Gasteiger partial charge in [-0.25, -0.2) is 9.13 Å². The van der Waals surface area contributed by atoms with Gasteiger partial charge in [-0.05, 0) is 161 Å². The first-order valence-corrected chi connectivity index (χ1v) is 43.8. The van der Waals surface area contributed by atoms with E-state index in [0.29, 0.717) is 25.7 Å². The van der Waals surface area contributed by atoms with Gasteiger partial charge in [0.15, 0.2) is 12.2 Å². The highest BCUT2D eigenvalue weighted by Gasteiger charge is 2.30. The number of esters is 4. The van der Waals surface area contributed by atoms with E-state index in [4.69, 9.17) is 37.0 Å². The van der Waals surface area contributed by atoms with Gasteiger partial charge >= 0.3 is 39.5 Å². The predicted octanol–water partition coefficient (Wildman–Crippen LogP) is 23.9. The third-order valence-corrected chi connectivity index (χ3v) is 18.8. The Morgan fingerprint density at radius 3 is 0.817 bits per heavy atom. The van der Waals surface area contributed by atoms with Gasteiger partial charge in [0.05, 0.1) is 26.4 Å². The summed E-state index contributed by atoms with van der Waals surface area (Å²) in [5.74, 6) is -2.25. The number of allylic oxidation sites excluding steroid dienone is 20. The Kier molecular flexibility index (Phi) is 73.3. The molecule has 0 radical (unpaired) electrons. The van der Waals surface area contributed by atoms with E-state index in [1.165, 1.54) is 77.0 Å².